The Morgan fingerprint density at radius 3 is 2.62 bits per heavy atom. The van der Waals surface area contributed by atoms with Crippen LogP contribution in [0.1, 0.15) is 5.56 Å². The lowest BCUT2D eigenvalue weighted by Crippen LogP contribution is -2.57. The van der Waals surface area contributed by atoms with Gasteiger partial charge < -0.3 is 15.0 Å². The molecule has 1 aliphatic rings. The molecule has 0 radical (unpaired) electrons. The lowest BCUT2D eigenvalue weighted by Gasteiger charge is -2.38. The normalized spacial score (nSPS) is 14.7. The van der Waals surface area contributed by atoms with E-state index in [4.69, 9.17) is 27.9 Å². The van der Waals surface area contributed by atoms with Gasteiger partial charge in [-0.1, -0.05) is 23.2 Å². The Morgan fingerprint density at radius 1 is 1.23 bits per heavy atom. The maximum Gasteiger partial charge on any atom is 0.421 e. The molecule has 138 valence electrons. The summed E-state index contributed by atoms with van der Waals surface area (Å²) >= 11 is 11.7. The minimum atomic E-state index is -4.56. The zero-order chi connectivity index (χ0) is 18.9. The first-order valence-electron chi connectivity index (χ1n) is 7.44. The maximum atomic E-state index is 12.9. The Morgan fingerprint density at radius 2 is 1.96 bits per heavy atom. The number of amides is 2. The fraction of sp³-hybridized carbons (Fsp3) is 0.250. The van der Waals surface area contributed by atoms with Gasteiger partial charge in [0.2, 0.25) is 5.88 Å². The molecule has 10 heteroatoms. The first-order chi connectivity index (χ1) is 12.2. The Hall–Kier alpha value is -2.19. The van der Waals surface area contributed by atoms with E-state index in [1.165, 1.54) is 23.2 Å². The number of alkyl halides is 3. The van der Waals surface area contributed by atoms with Crippen molar-refractivity contribution in [2.75, 3.05) is 18.4 Å². The highest BCUT2D eigenvalue weighted by atomic mass is 35.5. The predicted molar refractivity (Wildman–Crippen MR) is 90.7 cm³/mol. The van der Waals surface area contributed by atoms with Crippen LogP contribution in [0.3, 0.4) is 0 Å². The van der Waals surface area contributed by atoms with Crippen molar-refractivity contribution in [3.8, 4) is 5.88 Å². The summed E-state index contributed by atoms with van der Waals surface area (Å²) in [6.07, 6.45) is -3.90. The molecule has 5 nitrogen and oxygen atoms in total. The third kappa shape index (κ3) is 4.13. The van der Waals surface area contributed by atoms with Gasteiger partial charge in [0.1, 0.15) is 11.7 Å². The van der Waals surface area contributed by atoms with E-state index in [-0.39, 0.29) is 13.1 Å². The Balaban J connectivity index is 1.56. The third-order valence-electron chi connectivity index (χ3n) is 3.66. The molecule has 1 aromatic heterocycles. The average Bonchev–Trinajstić information content (AvgIpc) is 2.53. The summed E-state index contributed by atoms with van der Waals surface area (Å²) < 4.78 is 44.0. The summed E-state index contributed by atoms with van der Waals surface area (Å²) in [5, 5.41) is 3.28. The molecule has 0 aliphatic carbocycles. The van der Waals surface area contributed by atoms with Gasteiger partial charge in [0, 0.05) is 11.9 Å². The van der Waals surface area contributed by atoms with Crippen molar-refractivity contribution in [3.63, 3.8) is 0 Å². The van der Waals surface area contributed by atoms with Crippen molar-refractivity contribution in [2.24, 2.45) is 0 Å². The van der Waals surface area contributed by atoms with Gasteiger partial charge in [0.05, 0.1) is 23.1 Å². The fourth-order valence-corrected chi connectivity index (χ4v) is 2.61. The Kier molecular flexibility index (Phi) is 5.15. The van der Waals surface area contributed by atoms with Gasteiger partial charge in [0.25, 0.3) is 0 Å². The second-order valence-corrected chi connectivity index (χ2v) is 6.37. The summed E-state index contributed by atoms with van der Waals surface area (Å²) in [7, 11) is 0. The maximum absolute atomic E-state index is 12.9. The van der Waals surface area contributed by atoms with Crippen LogP contribution in [0.5, 0.6) is 5.88 Å². The lowest BCUT2D eigenvalue weighted by molar-refractivity contribution is -0.140. The average molecular weight is 406 g/mol. The molecule has 1 saturated heterocycles. The minimum absolute atomic E-state index is 0.140. The smallest absolute Gasteiger partial charge is 0.421 e. The van der Waals surface area contributed by atoms with Crippen molar-refractivity contribution >= 4 is 34.9 Å². The second-order valence-electron chi connectivity index (χ2n) is 5.56. The van der Waals surface area contributed by atoms with Gasteiger partial charge in [-0.15, -0.1) is 0 Å². The molecule has 0 spiro atoms. The number of aromatic nitrogens is 1. The second kappa shape index (κ2) is 7.20. The van der Waals surface area contributed by atoms with Gasteiger partial charge in [-0.05, 0) is 30.3 Å². The zero-order valence-electron chi connectivity index (χ0n) is 13.1. The molecule has 3 rings (SSSR count). The molecule has 2 amide bonds. The van der Waals surface area contributed by atoms with Crippen LogP contribution in [0.2, 0.25) is 10.0 Å². The van der Waals surface area contributed by atoms with Crippen LogP contribution in [-0.2, 0) is 6.18 Å². The SMILES string of the molecule is O=C(Nc1ccc(Cl)c(Cl)c1)N1CC(Oc2ncccc2C(F)(F)F)C1. The molecule has 2 aromatic rings. The predicted octanol–water partition coefficient (Wildman–Crippen LogP) is 4.70. The van der Waals surface area contributed by atoms with Gasteiger partial charge in [-0.3, -0.25) is 0 Å². The number of rotatable bonds is 3. The Labute approximate surface area is 156 Å². The number of anilines is 1. The number of carbonyl (C=O) groups is 1. The number of ether oxygens (including phenoxy) is 1. The van der Waals surface area contributed by atoms with Gasteiger partial charge in [-0.2, -0.15) is 13.2 Å². The first-order valence-corrected chi connectivity index (χ1v) is 8.19. The van der Waals surface area contributed by atoms with Gasteiger partial charge >= 0.3 is 12.2 Å². The number of pyridine rings is 1. The van der Waals surface area contributed by atoms with E-state index in [1.807, 2.05) is 0 Å². The topological polar surface area (TPSA) is 54.5 Å². The standard InChI is InChI=1S/C16H12Cl2F3N3O2/c17-12-4-3-9(6-13(12)18)23-15(25)24-7-10(8-24)26-14-11(16(19,20)21)2-1-5-22-14/h1-6,10H,7-8H2,(H,23,25). The molecule has 0 unspecified atom stereocenters. The summed E-state index contributed by atoms with van der Waals surface area (Å²) in [5.74, 6) is -0.491. The monoisotopic (exact) mass is 405 g/mol. The number of nitrogens with one attached hydrogen (secondary N) is 1. The van der Waals surface area contributed by atoms with Crippen molar-refractivity contribution in [3.05, 3.63) is 52.1 Å². The Bertz CT molecular complexity index is 827. The summed E-state index contributed by atoms with van der Waals surface area (Å²) in [5.41, 5.74) is -0.489. The molecule has 26 heavy (non-hydrogen) atoms. The third-order valence-corrected chi connectivity index (χ3v) is 4.40. The number of halogens is 5. The van der Waals surface area contributed by atoms with Crippen LogP contribution in [0.25, 0.3) is 0 Å². The van der Waals surface area contributed by atoms with Crippen molar-refractivity contribution in [1.82, 2.24) is 9.88 Å². The fourth-order valence-electron chi connectivity index (χ4n) is 2.31. The highest BCUT2D eigenvalue weighted by Gasteiger charge is 2.38. The van der Waals surface area contributed by atoms with E-state index >= 15 is 0 Å². The number of hydrogen-bond acceptors (Lipinski definition) is 3. The van der Waals surface area contributed by atoms with Crippen LogP contribution in [-0.4, -0.2) is 35.1 Å². The van der Waals surface area contributed by atoms with E-state index < -0.39 is 29.8 Å². The van der Waals surface area contributed by atoms with Crippen molar-refractivity contribution < 1.29 is 22.7 Å². The lowest BCUT2D eigenvalue weighted by atomic mass is 10.2. The van der Waals surface area contributed by atoms with Crippen molar-refractivity contribution in [2.45, 2.75) is 12.3 Å². The van der Waals surface area contributed by atoms with Crippen molar-refractivity contribution in [1.29, 1.82) is 0 Å². The molecule has 1 aromatic carbocycles. The van der Waals surface area contributed by atoms with Crippen LogP contribution >= 0.6 is 23.2 Å². The molecule has 1 N–H and O–H groups in total. The molecule has 2 heterocycles. The minimum Gasteiger partial charge on any atom is -0.470 e. The number of likely N-dealkylation sites (tertiary alicyclic amines) is 1. The summed E-state index contributed by atoms with van der Waals surface area (Å²) in [6, 6.07) is 6.30. The van der Waals surface area contributed by atoms with E-state index in [9.17, 15) is 18.0 Å². The van der Waals surface area contributed by atoms with Crippen LogP contribution in [0.15, 0.2) is 36.5 Å². The van der Waals surface area contributed by atoms with Crippen LogP contribution < -0.4 is 10.1 Å². The van der Waals surface area contributed by atoms with E-state index in [2.05, 4.69) is 10.3 Å². The number of urea groups is 1. The number of hydrogen-bond donors (Lipinski definition) is 1. The van der Waals surface area contributed by atoms with E-state index in [0.29, 0.717) is 15.7 Å². The summed E-state index contributed by atoms with van der Waals surface area (Å²) in [6.45, 7) is 0.280. The number of benzene rings is 1. The highest BCUT2D eigenvalue weighted by Crippen LogP contribution is 2.35. The molecular weight excluding hydrogens is 394 g/mol. The van der Waals surface area contributed by atoms with Gasteiger partial charge in [0.15, 0.2) is 0 Å². The summed E-state index contributed by atoms with van der Waals surface area (Å²) in [4.78, 5) is 17.1. The highest BCUT2D eigenvalue weighted by molar-refractivity contribution is 6.42. The quantitative estimate of drug-likeness (QED) is 0.804. The largest absolute Gasteiger partial charge is 0.470 e. The number of carbonyl (C=O) groups excluding carboxylic acids is 1. The van der Waals surface area contributed by atoms with Crippen LogP contribution in [0.4, 0.5) is 23.7 Å². The molecular formula is C16H12Cl2F3N3O2. The van der Waals surface area contributed by atoms with E-state index in [0.717, 1.165) is 6.07 Å². The molecule has 0 saturated carbocycles. The number of nitrogens with zero attached hydrogens (tertiary/aromatic N) is 2. The zero-order valence-corrected chi connectivity index (χ0v) is 14.6. The molecule has 1 fully saturated rings. The molecule has 0 bridgehead atoms. The molecule has 1 aliphatic heterocycles. The first kappa shape index (κ1) is 18.6. The van der Waals surface area contributed by atoms with E-state index in [1.54, 1.807) is 12.1 Å². The van der Waals surface area contributed by atoms with Crippen LogP contribution in [0, 0.1) is 0 Å². The van der Waals surface area contributed by atoms with Gasteiger partial charge in [-0.25, -0.2) is 9.78 Å². The molecule has 0 atom stereocenters.